The van der Waals surface area contributed by atoms with Crippen LogP contribution in [0.3, 0.4) is 0 Å². The molecular weight excluding hydrogens is 144 g/mol. The van der Waals surface area contributed by atoms with E-state index < -0.39 is 0 Å². The van der Waals surface area contributed by atoms with Gasteiger partial charge >= 0.3 is 0 Å². The zero-order valence-electron chi connectivity index (χ0n) is 8.34. The van der Waals surface area contributed by atoms with E-state index in [4.69, 9.17) is 0 Å². The van der Waals surface area contributed by atoms with Gasteiger partial charge in [0.2, 0.25) is 0 Å². The van der Waals surface area contributed by atoms with Gasteiger partial charge < -0.3 is 0 Å². The third kappa shape index (κ3) is 2.84. The molecule has 0 aromatic rings. The van der Waals surface area contributed by atoms with Gasteiger partial charge in [0.1, 0.15) is 0 Å². The van der Waals surface area contributed by atoms with Crippen LogP contribution in [-0.4, -0.2) is 0 Å². The normalized spacial score (nSPS) is 15.8. The highest BCUT2D eigenvalue weighted by molar-refractivity contribution is 5.22. The Morgan fingerprint density at radius 1 is 1.33 bits per heavy atom. The highest BCUT2D eigenvalue weighted by Gasteiger charge is 2.05. The van der Waals surface area contributed by atoms with Gasteiger partial charge in [0, 0.05) is 0 Å². The van der Waals surface area contributed by atoms with E-state index in [0.29, 0.717) is 0 Å². The average molecular weight is 164 g/mol. The molecule has 0 atom stereocenters. The quantitative estimate of drug-likeness (QED) is 0.574. The maximum absolute atomic E-state index is 2.30. The first-order valence-electron chi connectivity index (χ1n) is 5.21. The minimum atomic E-state index is 0.950. The lowest BCUT2D eigenvalue weighted by Gasteiger charge is -2.11. The highest BCUT2D eigenvalue weighted by atomic mass is 14.1. The van der Waals surface area contributed by atoms with E-state index in [1.54, 1.807) is 5.57 Å². The maximum atomic E-state index is 2.30. The lowest BCUT2D eigenvalue weighted by molar-refractivity contribution is 0.455. The van der Waals surface area contributed by atoms with E-state index in [1.165, 1.54) is 32.1 Å². The number of hydrogen-bond acceptors (Lipinski definition) is 0. The van der Waals surface area contributed by atoms with Crippen LogP contribution in [0.4, 0.5) is 0 Å². The van der Waals surface area contributed by atoms with Crippen molar-refractivity contribution in [1.82, 2.24) is 0 Å². The summed E-state index contributed by atoms with van der Waals surface area (Å²) in [5, 5.41) is 0. The van der Waals surface area contributed by atoms with Crippen molar-refractivity contribution in [3.05, 3.63) is 23.8 Å². The van der Waals surface area contributed by atoms with Crippen LogP contribution >= 0.6 is 0 Å². The van der Waals surface area contributed by atoms with Crippen molar-refractivity contribution in [3.63, 3.8) is 0 Å². The van der Waals surface area contributed by atoms with Crippen LogP contribution in [-0.2, 0) is 0 Å². The van der Waals surface area contributed by atoms with Crippen LogP contribution in [0.15, 0.2) is 23.8 Å². The van der Waals surface area contributed by atoms with Gasteiger partial charge in [0.05, 0.1) is 0 Å². The Hall–Kier alpha value is -0.520. The number of rotatable bonds is 5. The lowest BCUT2D eigenvalue weighted by atomic mass is 9.95. The summed E-state index contributed by atoms with van der Waals surface area (Å²) in [5.41, 5.74) is 1.63. The second-order valence-corrected chi connectivity index (χ2v) is 3.68. The fraction of sp³-hybridized carbons (Fsp3) is 0.667. The van der Waals surface area contributed by atoms with E-state index in [2.05, 4.69) is 32.1 Å². The molecular formula is C12H20. The molecule has 0 heterocycles. The summed E-state index contributed by atoms with van der Waals surface area (Å²) in [7, 11) is 0. The Kier molecular flexibility index (Phi) is 4.13. The van der Waals surface area contributed by atoms with Crippen LogP contribution < -0.4 is 0 Å². The predicted octanol–water partition coefficient (Wildman–Crippen LogP) is 4.09. The summed E-state index contributed by atoms with van der Waals surface area (Å²) in [6, 6.07) is 0. The van der Waals surface area contributed by atoms with Crippen molar-refractivity contribution in [2.24, 2.45) is 5.92 Å². The summed E-state index contributed by atoms with van der Waals surface area (Å²) in [6.45, 7) is 4.60. The van der Waals surface area contributed by atoms with Crippen LogP contribution in [0, 0.1) is 5.92 Å². The molecule has 0 aromatic heterocycles. The molecule has 0 radical (unpaired) electrons. The van der Waals surface area contributed by atoms with E-state index in [1.807, 2.05) is 0 Å². The molecule has 0 nitrogen and oxygen atoms in total. The van der Waals surface area contributed by atoms with E-state index in [0.717, 1.165) is 5.92 Å². The van der Waals surface area contributed by atoms with Gasteiger partial charge in [0.25, 0.3) is 0 Å². The molecule has 0 aromatic carbocycles. The largest absolute Gasteiger partial charge is 0.0805 e. The summed E-state index contributed by atoms with van der Waals surface area (Å²) < 4.78 is 0. The summed E-state index contributed by atoms with van der Waals surface area (Å²) in [5.74, 6) is 0.950. The second kappa shape index (κ2) is 5.18. The predicted molar refractivity (Wildman–Crippen MR) is 55.1 cm³/mol. The van der Waals surface area contributed by atoms with Crippen molar-refractivity contribution >= 4 is 0 Å². The monoisotopic (exact) mass is 164 g/mol. The minimum absolute atomic E-state index is 0.950. The summed E-state index contributed by atoms with van der Waals surface area (Å²) >= 11 is 0. The Labute approximate surface area is 76.4 Å². The zero-order chi connectivity index (χ0) is 8.81. The highest BCUT2D eigenvalue weighted by Crippen LogP contribution is 2.22. The summed E-state index contributed by atoms with van der Waals surface area (Å²) in [4.78, 5) is 0. The van der Waals surface area contributed by atoms with Gasteiger partial charge in [-0.3, -0.25) is 0 Å². The van der Waals surface area contributed by atoms with Gasteiger partial charge in [-0.15, -0.1) is 0 Å². The average Bonchev–Trinajstić information content (AvgIpc) is 2.59. The topological polar surface area (TPSA) is 0 Å². The molecule has 0 fully saturated rings. The van der Waals surface area contributed by atoms with Crippen LogP contribution in [0.5, 0.6) is 0 Å². The first-order chi connectivity index (χ1) is 5.86. The van der Waals surface area contributed by atoms with E-state index >= 15 is 0 Å². The molecule has 12 heavy (non-hydrogen) atoms. The third-order valence-electron chi connectivity index (χ3n) is 2.88. The Morgan fingerprint density at radius 3 is 2.58 bits per heavy atom. The van der Waals surface area contributed by atoms with Crippen LogP contribution in [0.1, 0.15) is 46.0 Å². The smallest absolute Gasteiger partial charge is 0.0133 e. The zero-order valence-corrected chi connectivity index (χ0v) is 8.34. The molecule has 0 aliphatic heterocycles. The van der Waals surface area contributed by atoms with Gasteiger partial charge in [-0.05, 0) is 25.2 Å². The number of hydrogen-bond donors (Lipinski definition) is 0. The molecule has 1 aliphatic carbocycles. The molecule has 0 amide bonds. The standard InChI is InChI=1S/C12H20/c1-3-11(4-2)9-10-12-7-5-6-8-12/h5-7,11H,3-4,8-10H2,1-2H3. The molecule has 1 aliphatic rings. The minimum Gasteiger partial charge on any atom is -0.0805 e. The molecule has 0 saturated carbocycles. The van der Waals surface area contributed by atoms with Gasteiger partial charge in [0.15, 0.2) is 0 Å². The van der Waals surface area contributed by atoms with Crippen LogP contribution in [0.2, 0.25) is 0 Å². The SMILES string of the molecule is CCC(CC)CCC1=CC=CC1. The van der Waals surface area contributed by atoms with Crippen LogP contribution in [0.25, 0.3) is 0 Å². The molecule has 0 saturated heterocycles. The molecule has 1 rings (SSSR count). The summed E-state index contributed by atoms with van der Waals surface area (Å²) in [6.07, 6.45) is 13.3. The van der Waals surface area contributed by atoms with Crippen molar-refractivity contribution in [2.45, 2.75) is 46.0 Å². The Morgan fingerprint density at radius 2 is 2.08 bits per heavy atom. The van der Waals surface area contributed by atoms with Crippen molar-refractivity contribution in [2.75, 3.05) is 0 Å². The first-order valence-corrected chi connectivity index (χ1v) is 5.21. The Bertz CT molecular complexity index is 170. The van der Waals surface area contributed by atoms with Crippen molar-refractivity contribution in [3.8, 4) is 0 Å². The maximum Gasteiger partial charge on any atom is -0.0133 e. The second-order valence-electron chi connectivity index (χ2n) is 3.68. The molecule has 0 unspecified atom stereocenters. The number of allylic oxidation sites excluding steroid dienone is 4. The van der Waals surface area contributed by atoms with Gasteiger partial charge in [-0.1, -0.05) is 50.5 Å². The molecule has 0 spiro atoms. The van der Waals surface area contributed by atoms with E-state index in [-0.39, 0.29) is 0 Å². The molecule has 68 valence electrons. The van der Waals surface area contributed by atoms with Gasteiger partial charge in [-0.25, -0.2) is 0 Å². The van der Waals surface area contributed by atoms with Crippen molar-refractivity contribution < 1.29 is 0 Å². The van der Waals surface area contributed by atoms with Gasteiger partial charge in [-0.2, -0.15) is 0 Å². The fourth-order valence-electron chi connectivity index (χ4n) is 1.76. The third-order valence-corrected chi connectivity index (χ3v) is 2.88. The molecule has 0 N–H and O–H groups in total. The molecule has 0 heteroatoms. The first kappa shape index (κ1) is 9.57. The Balaban J connectivity index is 2.16. The van der Waals surface area contributed by atoms with Crippen molar-refractivity contribution in [1.29, 1.82) is 0 Å². The lowest BCUT2D eigenvalue weighted by Crippen LogP contribution is -1.96. The van der Waals surface area contributed by atoms with E-state index in [9.17, 15) is 0 Å². The molecule has 0 bridgehead atoms. The fourth-order valence-corrected chi connectivity index (χ4v) is 1.76.